The number of fused-ring (bicyclic) bond motifs is 1. The van der Waals surface area contributed by atoms with Gasteiger partial charge in [-0.3, -0.25) is 0 Å². The third-order valence-corrected chi connectivity index (χ3v) is 6.00. The van der Waals surface area contributed by atoms with Crippen LogP contribution < -0.4 is 4.90 Å². The SMILES string of the molecule is CCN(CC)c1ccc(/C=C/C2=[N+](C)c3ccc(F)cc3C2(C)CC)cc1. The highest BCUT2D eigenvalue weighted by Gasteiger charge is 2.45. The van der Waals surface area contributed by atoms with Gasteiger partial charge in [-0.15, -0.1) is 0 Å². The summed E-state index contributed by atoms with van der Waals surface area (Å²) in [5.41, 5.74) is 5.63. The summed E-state index contributed by atoms with van der Waals surface area (Å²) in [5.74, 6) is -0.168. The van der Waals surface area contributed by atoms with Crippen LogP contribution in [0.15, 0.2) is 48.5 Å². The molecule has 3 rings (SSSR count). The second-order valence-electron chi connectivity index (χ2n) is 7.39. The van der Waals surface area contributed by atoms with Crippen molar-refractivity contribution in [1.82, 2.24) is 0 Å². The van der Waals surface area contributed by atoms with Crippen LogP contribution in [0.1, 0.15) is 45.2 Å². The highest BCUT2D eigenvalue weighted by Crippen LogP contribution is 2.42. The topological polar surface area (TPSA) is 6.25 Å². The van der Waals surface area contributed by atoms with Gasteiger partial charge in [-0.2, -0.15) is 4.58 Å². The molecule has 2 nitrogen and oxygen atoms in total. The van der Waals surface area contributed by atoms with Gasteiger partial charge in [0.2, 0.25) is 5.69 Å². The smallest absolute Gasteiger partial charge is 0.209 e. The summed E-state index contributed by atoms with van der Waals surface area (Å²) in [5, 5.41) is 0. The minimum atomic E-state index is -0.177. The normalized spacial score (nSPS) is 19.0. The molecule has 0 N–H and O–H groups in total. The van der Waals surface area contributed by atoms with E-state index in [1.807, 2.05) is 6.07 Å². The van der Waals surface area contributed by atoms with Crippen molar-refractivity contribution in [2.75, 3.05) is 25.0 Å². The van der Waals surface area contributed by atoms with Gasteiger partial charge in [0.05, 0.1) is 5.41 Å². The summed E-state index contributed by atoms with van der Waals surface area (Å²) in [6.45, 7) is 10.8. The molecule has 2 aromatic carbocycles. The molecule has 1 atom stereocenters. The molecule has 0 spiro atoms. The van der Waals surface area contributed by atoms with Gasteiger partial charge in [0.1, 0.15) is 12.9 Å². The first-order valence-electron chi connectivity index (χ1n) is 9.88. The maximum atomic E-state index is 13.9. The van der Waals surface area contributed by atoms with Gasteiger partial charge in [0, 0.05) is 36.5 Å². The Morgan fingerprint density at radius 2 is 1.67 bits per heavy atom. The molecule has 0 saturated heterocycles. The fourth-order valence-corrected chi connectivity index (χ4v) is 4.11. The Morgan fingerprint density at radius 1 is 1.00 bits per heavy atom. The molecule has 0 bridgehead atoms. The van der Waals surface area contributed by atoms with E-state index in [4.69, 9.17) is 0 Å². The van der Waals surface area contributed by atoms with Crippen LogP contribution in [0.5, 0.6) is 0 Å². The molecule has 0 saturated carbocycles. The molecular formula is C24H30FN2+. The van der Waals surface area contributed by atoms with Crippen LogP contribution in [-0.4, -0.2) is 30.4 Å². The van der Waals surface area contributed by atoms with Crippen LogP contribution >= 0.6 is 0 Å². The van der Waals surface area contributed by atoms with Gasteiger partial charge in [0.25, 0.3) is 0 Å². The zero-order chi connectivity index (χ0) is 19.6. The predicted octanol–water partition coefficient (Wildman–Crippen LogP) is 5.78. The maximum Gasteiger partial charge on any atom is 0.209 e. The summed E-state index contributed by atoms with van der Waals surface area (Å²) < 4.78 is 16.1. The average molecular weight is 366 g/mol. The van der Waals surface area contributed by atoms with Gasteiger partial charge in [0.15, 0.2) is 5.71 Å². The lowest BCUT2D eigenvalue weighted by atomic mass is 9.77. The number of anilines is 1. The van der Waals surface area contributed by atoms with E-state index in [0.717, 1.165) is 30.8 Å². The number of hydrogen-bond acceptors (Lipinski definition) is 1. The minimum Gasteiger partial charge on any atom is -0.372 e. The molecule has 1 aliphatic rings. The van der Waals surface area contributed by atoms with Crippen LogP contribution in [0.4, 0.5) is 15.8 Å². The molecule has 1 unspecified atom stereocenters. The number of halogens is 1. The molecule has 2 aromatic rings. The Morgan fingerprint density at radius 3 is 2.26 bits per heavy atom. The molecule has 142 valence electrons. The lowest BCUT2D eigenvalue weighted by Crippen LogP contribution is -2.29. The number of benzene rings is 2. The molecule has 0 aliphatic carbocycles. The Balaban J connectivity index is 1.92. The van der Waals surface area contributed by atoms with Crippen LogP contribution in [0.25, 0.3) is 6.08 Å². The molecule has 1 aliphatic heterocycles. The van der Waals surface area contributed by atoms with Gasteiger partial charge >= 0.3 is 0 Å². The van der Waals surface area contributed by atoms with Crippen molar-refractivity contribution in [3.63, 3.8) is 0 Å². The molecule has 3 heteroatoms. The first kappa shape index (κ1) is 19.3. The third kappa shape index (κ3) is 3.43. The van der Waals surface area contributed by atoms with Gasteiger partial charge in [-0.05, 0) is 63.1 Å². The number of allylic oxidation sites excluding steroid dienone is 1. The molecule has 0 amide bonds. The summed E-state index contributed by atoms with van der Waals surface area (Å²) >= 11 is 0. The van der Waals surface area contributed by atoms with Crippen LogP contribution in [0.2, 0.25) is 0 Å². The van der Waals surface area contributed by atoms with Gasteiger partial charge in [-0.25, -0.2) is 4.39 Å². The number of nitrogens with zero attached hydrogens (tertiary/aromatic N) is 2. The first-order valence-corrected chi connectivity index (χ1v) is 9.88. The number of rotatable bonds is 6. The van der Waals surface area contributed by atoms with Crippen LogP contribution in [0.3, 0.4) is 0 Å². The summed E-state index contributed by atoms with van der Waals surface area (Å²) in [4.78, 5) is 2.34. The Labute approximate surface area is 162 Å². The zero-order valence-electron chi connectivity index (χ0n) is 17.1. The minimum absolute atomic E-state index is 0.168. The lowest BCUT2D eigenvalue weighted by Gasteiger charge is -2.21. The fourth-order valence-electron chi connectivity index (χ4n) is 4.11. The molecule has 27 heavy (non-hydrogen) atoms. The predicted molar refractivity (Wildman–Crippen MR) is 114 cm³/mol. The Bertz CT molecular complexity index is 876. The molecule has 1 heterocycles. The van der Waals surface area contributed by atoms with E-state index in [1.165, 1.54) is 17.0 Å². The molecule has 0 fully saturated rings. The standard InChI is InChI=1S/C24H30FN2/c1-6-24(4)21-17-19(25)12-15-22(21)26(5)23(24)16-11-18-9-13-20(14-10-18)27(7-2)8-3/h9-17H,6-8H2,1-5H3/q+1. The second kappa shape index (κ2) is 7.67. The van der Waals surface area contributed by atoms with E-state index in [0.29, 0.717) is 0 Å². The lowest BCUT2D eigenvalue weighted by molar-refractivity contribution is -0.401. The van der Waals surface area contributed by atoms with E-state index >= 15 is 0 Å². The van der Waals surface area contributed by atoms with Gasteiger partial charge < -0.3 is 4.90 Å². The first-order chi connectivity index (χ1) is 12.9. The van der Waals surface area contributed by atoms with E-state index in [2.05, 4.69) is 80.6 Å². The van der Waals surface area contributed by atoms with Crippen molar-refractivity contribution in [3.05, 3.63) is 65.5 Å². The highest BCUT2D eigenvalue weighted by molar-refractivity contribution is 6.05. The molecule has 0 radical (unpaired) electrons. The number of hydrogen-bond donors (Lipinski definition) is 0. The van der Waals surface area contributed by atoms with Crippen molar-refractivity contribution in [2.45, 2.75) is 39.5 Å². The third-order valence-electron chi connectivity index (χ3n) is 6.00. The summed E-state index contributed by atoms with van der Waals surface area (Å²) in [6.07, 6.45) is 5.27. The summed E-state index contributed by atoms with van der Waals surface area (Å²) in [6, 6.07) is 13.8. The highest BCUT2D eigenvalue weighted by atomic mass is 19.1. The van der Waals surface area contributed by atoms with Crippen LogP contribution in [0, 0.1) is 5.82 Å². The molecule has 0 aromatic heterocycles. The second-order valence-corrected chi connectivity index (χ2v) is 7.39. The zero-order valence-corrected chi connectivity index (χ0v) is 17.1. The van der Waals surface area contributed by atoms with Crippen molar-refractivity contribution >= 4 is 23.2 Å². The van der Waals surface area contributed by atoms with E-state index in [-0.39, 0.29) is 11.2 Å². The van der Waals surface area contributed by atoms with Crippen molar-refractivity contribution < 1.29 is 8.97 Å². The quantitative estimate of drug-likeness (QED) is 0.588. The van der Waals surface area contributed by atoms with Crippen molar-refractivity contribution in [3.8, 4) is 0 Å². The Hall–Kier alpha value is -2.42. The van der Waals surface area contributed by atoms with Crippen molar-refractivity contribution in [1.29, 1.82) is 0 Å². The van der Waals surface area contributed by atoms with E-state index in [1.54, 1.807) is 12.1 Å². The van der Waals surface area contributed by atoms with Crippen LogP contribution in [-0.2, 0) is 5.41 Å². The Kier molecular flexibility index (Phi) is 5.50. The summed E-state index contributed by atoms with van der Waals surface area (Å²) in [7, 11) is 2.07. The largest absolute Gasteiger partial charge is 0.372 e. The van der Waals surface area contributed by atoms with E-state index in [9.17, 15) is 4.39 Å². The maximum absolute atomic E-state index is 13.9. The van der Waals surface area contributed by atoms with Crippen molar-refractivity contribution in [2.24, 2.45) is 0 Å². The van der Waals surface area contributed by atoms with E-state index < -0.39 is 0 Å². The molecular weight excluding hydrogens is 335 g/mol. The average Bonchev–Trinajstić information content (AvgIpc) is 2.89. The van der Waals surface area contributed by atoms with Gasteiger partial charge in [-0.1, -0.05) is 19.1 Å². The monoisotopic (exact) mass is 365 g/mol. The fraction of sp³-hybridized carbons (Fsp3) is 0.375.